The van der Waals surface area contributed by atoms with E-state index >= 15 is 0 Å². The van der Waals surface area contributed by atoms with E-state index in [-0.39, 0.29) is 16.8 Å². The van der Waals surface area contributed by atoms with E-state index in [1.54, 1.807) is 35.7 Å². The Morgan fingerprint density at radius 1 is 1.27 bits per heavy atom. The Morgan fingerprint density at radius 2 is 2.14 bits per heavy atom. The number of thiophene rings is 1. The summed E-state index contributed by atoms with van der Waals surface area (Å²) in [6.07, 6.45) is -0.378. The minimum Gasteiger partial charge on any atom is -0.447 e. The highest BCUT2D eigenvalue weighted by Crippen LogP contribution is 2.21. The van der Waals surface area contributed by atoms with E-state index in [2.05, 4.69) is 4.72 Å². The number of hydrogen-bond donors (Lipinski definition) is 1. The molecule has 2 heterocycles. The summed E-state index contributed by atoms with van der Waals surface area (Å²) in [4.78, 5) is 13.1. The summed E-state index contributed by atoms with van der Waals surface area (Å²) in [5, 5.41) is 1.72. The number of sulfonamides is 1. The van der Waals surface area contributed by atoms with Crippen molar-refractivity contribution in [3.63, 3.8) is 0 Å². The zero-order valence-corrected chi connectivity index (χ0v) is 13.2. The average Bonchev–Trinajstić information content (AvgIpc) is 3.17. The van der Waals surface area contributed by atoms with Crippen LogP contribution < -0.4 is 9.62 Å². The molecule has 22 heavy (non-hydrogen) atoms. The van der Waals surface area contributed by atoms with Crippen LogP contribution in [0, 0.1) is 0 Å². The Kier molecular flexibility index (Phi) is 4.14. The van der Waals surface area contributed by atoms with E-state index < -0.39 is 10.0 Å². The predicted molar refractivity (Wildman–Crippen MR) is 83.5 cm³/mol. The van der Waals surface area contributed by atoms with Gasteiger partial charge in [0.15, 0.2) is 0 Å². The number of cyclic esters (lactones) is 1. The summed E-state index contributed by atoms with van der Waals surface area (Å²) < 4.78 is 31.9. The van der Waals surface area contributed by atoms with Crippen LogP contribution in [0.15, 0.2) is 46.0 Å². The van der Waals surface area contributed by atoms with Crippen LogP contribution in [0.3, 0.4) is 0 Å². The van der Waals surface area contributed by atoms with Crippen molar-refractivity contribution in [2.24, 2.45) is 0 Å². The average molecular weight is 338 g/mol. The van der Waals surface area contributed by atoms with Crippen LogP contribution in [0.5, 0.6) is 0 Å². The van der Waals surface area contributed by atoms with Crippen LogP contribution in [-0.2, 0) is 21.3 Å². The van der Waals surface area contributed by atoms with E-state index in [0.29, 0.717) is 18.8 Å². The van der Waals surface area contributed by atoms with Gasteiger partial charge in [-0.25, -0.2) is 17.9 Å². The Morgan fingerprint density at radius 3 is 2.82 bits per heavy atom. The van der Waals surface area contributed by atoms with Gasteiger partial charge in [0.1, 0.15) is 10.8 Å². The van der Waals surface area contributed by atoms with Crippen molar-refractivity contribution in [1.82, 2.24) is 4.72 Å². The third-order valence-electron chi connectivity index (χ3n) is 3.21. The number of nitrogens with zero attached hydrogens (tertiary/aromatic N) is 1. The number of carbonyl (C=O) groups is 1. The molecule has 0 atom stereocenters. The number of rotatable bonds is 5. The Balaban J connectivity index is 1.72. The van der Waals surface area contributed by atoms with Crippen molar-refractivity contribution in [3.8, 4) is 0 Å². The largest absolute Gasteiger partial charge is 0.447 e. The number of benzene rings is 1. The molecular formula is C14H14N2O4S2. The van der Waals surface area contributed by atoms with Gasteiger partial charge in [-0.3, -0.25) is 4.90 Å². The lowest BCUT2D eigenvalue weighted by Crippen LogP contribution is -2.24. The maximum atomic E-state index is 12.1. The molecule has 6 nitrogen and oxygen atoms in total. The predicted octanol–water partition coefficient (Wildman–Crippen LogP) is 2.18. The van der Waals surface area contributed by atoms with Crippen molar-refractivity contribution in [2.75, 3.05) is 18.1 Å². The molecule has 3 rings (SSSR count). The minimum absolute atomic E-state index is 0.164. The Labute approximate surface area is 132 Å². The molecule has 1 aromatic heterocycles. The molecule has 0 radical (unpaired) electrons. The van der Waals surface area contributed by atoms with Gasteiger partial charge in [-0.2, -0.15) is 0 Å². The lowest BCUT2D eigenvalue weighted by molar-refractivity contribution is 0.181. The lowest BCUT2D eigenvalue weighted by atomic mass is 10.2. The standard InChI is InChI=1S/C14H14N2O4S2/c17-14-16(6-7-20-14)12-4-1-3-11(9-12)10-15-22(18,19)13-5-2-8-21-13/h1-5,8-9,15H,6-7,10H2. The molecule has 8 heteroatoms. The summed E-state index contributed by atoms with van der Waals surface area (Å²) in [7, 11) is -3.49. The lowest BCUT2D eigenvalue weighted by Gasteiger charge is -2.14. The molecule has 116 valence electrons. The molecule has 1 saturated heterocycles. The van der Waals surface area contributed by atoms with Crippen LogP contribution >= 0.6 is 11.3 Å². The normalized spacial score (nSPS) is 15.1. The second-order valence-corrected chi connectivity index (χ2v) is 7.63. The molecule has 0 unspecified atom stereocenters. The van der Waals surface area contributed by atoms with Gasteiger partial charge in [-0.1, -0.05) is 18.2 Å². The third-order valence-corrected chi connectivity index (χ3v) is 6.01. The Hall–Kier alpha value is -1.90. The van der Waals surface area contributed by atoms with Crippen molar-refractivity contribution >= 4 is 33.1 Å². The molecule has 1 fully saturated rings. The molecule has 1 amide bonds. The fraction of sp³-hybridized carbons (Fsp3) is 0.214. The molecule has 0 spiro atoms. The molecule has 1 aliphatic heterocycles. The first kappa shape index (κ1) is 15.0. The van der Waals surface area contributed by atoms with Gasteiger partial charge in [0.05, 0.1) is 6.54 Å². The fourth-order valence-corrected chi connectivity index (χ4v) is 4.18. The molecule has 0 aliphatic carbocycles. The zero-order chi connectivity index (χ0) is 15.6. The highest BCUT2D eigenvalue weighted by atomic mass is 32.2. The summed E-state index contributed by atoms with van der Waals surface area (Å²) in [6.45, 7) is 1.04. The van der Waals surface area contributed by atoms with Crippen LogP contribution in [-0.4, -0.2) is 27.7 Å². The Bertz CT molecular complexity index is 772. The van der Waals surface area contributed by atoms with E-state index in [9.17, 15) is 13.2 Å². The van der Waals surface area contributed by atoms with Gasteiger partial charge in [0.2, 0.25) is 10.0 Å². The number of hydrogen-bond acceptors (Lipinski definition) is 5. The summed E-state index contributed by atoms with van der Waals surface area (Å²) in [5.41, 5.74) is 1.48. The van der Waals surface area contributed by atoms with Crippen molar-refractivity contribution in [3.05, 3.63) is 47.3 Å². The maximum Gasteiger partial charge on any atom is 0.414 e. The second-order valence-electron chi connectivity index (χ2n) is 4.69. The monoisotopic (exact) mass is 338 g/mol. The second kappa shape index (κ2) is 6.07. The highest BCUT2D eigenvalue weighted by molar-refractivity contribution is 7.91. The van der Waals surface area contributed by atoms with E-state index in [1.807, 2.05) is 6.07 Å². The number of anilines is 1. The molecule has 2 aromatic rings. The first-order valence-electron chi connectivity index (χ1n) is 6.63. The minimum atomic E-state index is -3.49. The topological polar surface area (TPSA) is 75.7 Å². The van der Waals surface area contributed by atoms with E-state index in [0.717, 1.165) is 5.56 Å². The molecule has 1 N–H and O–H groups in total. The van der Waals surface area contributed by atoms with Crippen molar-refractivity contribution in [1.29, 1.82) is 0 Å². The maximum absolute atomic E-state index is 12.1. The van der Waals surface area contributed by atoms with Crippen molar-refractivity contribution < 1.29 is 17.9 Å². The van der Waals surface area contributed by atoms with E-state index in [4.69, 9.17) is 4.74 Å². The third kappa shape index (κ3) is 3.13. The summed E-state index contributed by atoms with van der Waals surface area (Å²) in [5.74, 6) is 0. The smallest absolute Gasteiger partial charge is 0.414 e. The summed E-state index contributed by atoms with van der Waals surface area (Å²) >= 11 is 1.17. The van der Waals surface area contributed by atoms with Gasteiger partial charge < -0.3 is 4.74 Å². The number of nitrogens with one attached hydrogen (secondary N) is 1. The number of carbonyl (C=O) groups excluding carboxylic acids is 1. The quantitative estimate of drug-likeness (QED) is 0.907. The van der Waals surface area contributed by atoms with Crippen LogP contribution in [0.25, 0.3) is 0 Å². The first-order chi connectivity index (χ1) is 10.6. The SMILES string of the molecule is O=C1OCCN1c1cccc(CNS(=O)(=O)c2cccs2)c1. The fourth-order valence-electron chi connectivity index (χ4n) is 2.13. The number of ether oxygens (including phenoxy) is 1. The van der Waals surface area contributed by atoms with Crippen LogP contribution in [0.2, 0.25) is 0 Å². The van der Waals surface area contributed by atoms with Gasteiger partial charge in [-0.05, 0) is 29.1 Å². The number of amides is 1. The first-order valence-corrected chi connectivity index (χ1v) is 8.99. The van der Waals surface area contributed by atoms with Gasteiger partial charge in [0, 0.05) is 12.2 Å². The summed E-state index contributed by atoms with van der Waals surface area (Å²) in [6, 6.07) is 10.4. The molecule has 0 bridgehead atoms. The van der Waals surface area contributed by atoms with Crippen LogP contribution in [0.1, 0.15) is 5.56 Å². The van der Waals surface area contributed by atoms with Crippen LogP contribution in [0.4, 0.5) is 10.5 Å². The van der Waals surface area contributed by atoms with Gasteiger partial charge in [-0.15, -0.1) is 11.3 Å². The molecule has 1 aliphatic rings. The molecule has 1 aromatic carbocycles. The zero-order valence-electron chi connectivity index (χ0n) is 11.6. The molecule has 0 saturated carbocycles. The van der Waals surface area contributed by atoms with Gasteiger partial charge >= 0.3 is 6.09 Å². The molecular weight excluding hydrogens is 324 g/mol. The van der Waals surface area contributed by atoms with E-state index in [1.165, 1.54) is 16.2 Å². The van der Waals surface area contributed by atoms with Gasteiger partial charge in [0.25, 0.3) is 0 Å². The van der Waals surface area contributed by atoms with Crippen molar-refractivity contribution in [2.45, 2.75) is 10.8 Å². The highest BCUT2D eigenvalue weighted by Gasteiger charge is 2.23.